The lowest BCUT2D eigenvalue weighted by Crippen LogP contribution is -2.23. The molecule has 1 aromatic carbocycles. The zero-order chi connectivity index (χ0) is 16.2. The Hall–Kier alpha value is -2.24. The summed E-state index contributed by atoms with van der Waals surface area (Å²) in [6, 6.07) is 1.58. The van der Waals surface area contributed by atoms with Crippen LogP contribution >= 0.6 is 0 Å². The molecule has 6 nitrogen and oxygen atoms in total. The van der Waals surface area contributed by atoms with Crippen LogP contribution in [0.25, 0.3) is 0 Å². The second-order valence-electron chi connectivity index (χ2n) is 2.94. The summed E-state index contributed by atoms with van der Waals surface area (Å²) in [6.45, 7) is -1.27. The molecule has 0 aliphatic carbocycles. The predicted molar refractivity (Wildman–Crippen MR) is 60.3 cm³/mol. The van der Waals surface area contributed by atoms with Crippen molar-refractivity contribution in [2.75, 3.05) is 13.2 Å². The van der Waals surface area contributed by atoms with Crippen molar-refractivity contribution in [3.8, 4) is 0 Å². The molecule has 0 unspecified atom stereocenters. The van der Waals surface area contributed by atoms with Gasteiger partial charge in [-0.1, -0.05) is 30.3 Å². The third-order valence-electron chi connectivity index (χ3n) is 1.73. The van der Waals surface area contributed by atoms with Crippen LogP contribution in [0.15, 0.2) is 30.3 Å². The number of hydrogen-bond acceptors (Lipinski definition) is 4. The second-order valence-corrected chi connectivity index (χ2v) is 2.94. The Balaban J connectivity index is 3.22. The normalized spacial score (nSPS) is 13.9. The Labute approximate surface area is 104 Å². The van der Waals surface area contributed by atoms with Crippen LogP contribution in [0.2, 0.25) is 0 Å². The Morgan fingerprint density at radius 3 is 2.12 bits per heavy atom. The van der Waals surface area contributed by atoms with Crippen molar-refractivity contribution in [1.82, 2.24) is 0 Å². The fraction of sp³-hybridized carbons (Fsp3) is 0.273. The van der Waals surface area contributed by atoms with Crippen molar-refractivity contribution < 1.29 is 24.5 Å². The fourth-order valence-electron chi connectivity index (χ4n) is 1.02. The van der Waals surface area contributed by atoms with Crippen LogP contribution in [0.4, 0.5) is 9.59 Å². The summed E-state index contributed by atoms with van der Waals surface area (Å²) in [4.78, 5) is 21.4. The van der Waals surface area contributed by atoms with Crippen LogP contribution in [0.5, 0.6) is 0 Å². The second kappa shape index (κ2) is 6.37. The monoisotopic (exact) mass is 242 g/mol. The first kappa shape index (κ1) is 7.94. The molecular weight excluding hydrogens is 224 g/mol. The van der Waals surface area contributed by atoms with Gasteiger partial charge in [-0.25, -0.2) is 9.59 Å². The minimum atomic E-state index is -1.92. The minimum absolute atomic E-state index is 0.0808. The maximum atomic E-state index is 10.7. The van der Waals surface area contributed by atoms with Crippen LogP contribution in [-0.2, 0) is 9.47 Å². The molecule has 1 aromatic rings. The molecule has 0 heterocycles. The third-order valence-corrected chi connectivity index (χ3v) is 1.73. The van der Waals surface area contributed by atoms with Crippen molar-refractivity contribution in [3.05, 3.63) is 35.8 Å². The van der Waals surface area contributed by atoms with Gasteiger partial charge in [0, 0.05) is 1.37 Å². The van der Waals surface area contributed by atoms with Crippen LogP contribution in [-0.4, -0.2) is 25.4 Å². The van der Waals surface area contributed by atoms with Gasteiger partial charge in [0.1, 0.15) is 13.2 Å². The number of carbonyl (C=O) groups excluding carboxylic acids is 2. The van der Waals surface area contributed by atoms with Gasteiger partial charge in [0.25, 0.3) is 0 Å². The first-order valence-electron chi connectivity index (χ1n) is 6.58. The maximum Gasteiger partial charge on any atom is 0.404 e. The molecule has 0 aliphatic heterocycles. The third kappa shape index (κ3) is 4.87. The number of carbonyl (C=O) groups is 2. The minimum Gasteiger partial charge on any atom is -0.449 e. The van der Waals surface area contributed by atoms with Gasteiger partial charge in [-0.2, -0.15) is 0 Å². The Morgan fingerprint density at radius 1 is 1.24 bits per heavy atom. The van der Waals surface area contributed by atoms with Crippen LogP contribution in [0.1, 0.15) is 16.9 Å². The lowest BCUT2D eigenvalue weighted by Gasteiger charge is -2.16. The average molecular weight is 242 g/mol. The Bertz CT molecular complexity index is 526. The van der Waals surface area contributed by atoms with E-state index in [0.29, 0.717) is 0 Å². The van der Waals surface area contributed by atoms with E-state index in [9.17, 15) is 9.59 Å². The van der Waals surface area contributed by atoms with Crippen LogP contribution in [0, 0.1) is 0 Å². The van der Waals surface area contributed by atoms with Gasteiger partial charge < -0.3 is 20.9 Å². The van der Waals surface area contributed by atoms with Crippen LogP contribution < -0.4 is 11.5 Å². The summed E-state index contributed by atoms with van der Waals surface area (Å²) in [7, 11) is 0. The van der Waals surface area contributed by atoms with Crippen LogP contribution in [0.3, 0.4) is 0 Å². The SMILES string of the molecule is [2H]c1cc([2H])c(C([2H])(COC(N)=O)COC(N)=O)c([2H])c1. The molecule has 0 saturated heterocycles. The summed E-state index contributed by atoms with van der Waals surface area (Å²) < 4.78 is 40.3. The number of rotatable bonds is 5. The average Bonchev–Trinajstić information content (AvgIpc) is 2.33. The Morgan fingerprint density at radius 2 is 1.71 bits per heavy atom. The summed E-state index contributed by atoms with van der Waals surface area (Å²) in [6.07, 6.45) is -2.30. The van der Waals surface area contributed by atoms with E-state index in [0.717, 1.165) is 12.1 Å². The van der Waals surface area contributed by atoms with Gasteiger partial charge in [0.15, 0.2) is 0 Å². The molecule has 0 aromatic heterocycles. The highest BCUT2D eigenvalue weighted by molar-refractivity contribution is 5.65. The van der Waals surface area contributed by atoms with Gasteiger partial charge in [0.2, 0.25) is 0 Å². The maximum absolute atomic E-state index is 10.7. The molecule has 0 aliphatic rings. The summed E-state index contributed by atoms with van der Waals surface area (Å²) in [5.74, 6) is -1.92. The van der Waals surface area contributed by atoms with E-state index in [4.69, 9.17) is 17.0 Å². The first-order chi connectivity index (χ1) is 9.65. The summed E-state index contributed by atoms with van der Waals surface area (Å²) in [5.41, 5.74) is 9.50. The zero-order valence-corrected chi connectivity index (χ0v) is 8.86. The number of benzene rings is 1. The molecular formula is C11H14N2O4. The van der Waals surface area contributed by atoms with E-state index in [2.05, 4.69) is 9.47 Å². The largest absolute Gasteiger partial charge is 0.449 e. The van der Waals surface area contributed by atoms with Gasteiger partial charge in [0.05, 0.1) is 10.0 Å². The molecule has 0 spiro atoms. The molecule has 0 fully saturated rings. The van der Waals surface area contributed by atoms with Gasteiger partial charge in [-0.15, -0.1) is 0 Å². The lowest BCUT2D eigenvalue weighted by atomic mass is 10.0. The van der Waals surface area contributed by atoms with Crippen molar-refractivity contribution in [3.63, 3.8) is 0 Å². The number of nitrogens with two attached hydrogens (primary N) is 2. The molecule has 17 heavy (non-hydrogen) atoms. The van der Waals surface area contributed by atoms with Crippen molar-refractivity contribution in [2.45, 2.75) is 5.89 Å². The molecule has 0 saturated carbocycles. The zero-order valence-electron chi connectivity index (χ0n) is 12.9. The highest BCUT2D eigenvalue weighted by Gasteiger charge is 2.15. The molecule has 6 heteroatoms. The number of ether oxygens (including phenoxy) is 2. The van der Waals surface area contributed by atoms with E-state index in [1.54, 1.807) is 0 Å². The van der Waals surface area contributed by atoms with Crippen molar-refractivity contribution in [2.24, 2.45) is 11.5 Å². The van der Waals surface area contributed by atoms with Crippen molar-refractivity contribution in [1.29, 1.82) is 0 Å². The molecule has 0 bridgehead atoms. The smallest absolute Gasteiger partial charge is 0.404 e. The quantitative estimate of drug-likeness (QED) is 0.802. The molecule has 1 rings (SSSR count). The van der Waals surface area contributed by atoms with Gasteiger partial charge >= 0.3 is 12.2 Å². The van der Waals surface area contributed by atoms with Crippen molar-refractivity contribution >= 4 is 12.2 Å². The highest BCUT2D eigenvalue weighted by atomic mass is 16.6. The number of primary amides is 2. The van der Waals surface area contributed by atoms with E-state index < -0.39 is 31.3 Å². The standard InChI is InChI=1S/C11H14N2O4/c12-10(14)16-6-9(7-17-11(13)15)8-4-2-1-3-5-8/h1-5,9H,6-7H2,(H2,12,14)(H2,13,15)/i1D,4D,5D,9D. The molecule has 0 atom stereocenters. The van der Waals surface area contributed by atoms with Gasteiger partial charge in [-0.05, 0) is 5.56 Å². The first-order valence-corrected chi connectivity index (χ1v) is 4.58. The van der Waals surface area contributed by atoms with E-state index in [1.165, 1.54) is 0 Å². The summed E-state index contributed by atoms with van der Waals surface area (Å²) >= 11 is 0. The molecule has 2 amide bonds. The van der Waals surface area contributed by atoms with Gasteiger partial charge in [-0.3, -0.25) is 0 Å². The number of amides is 2. The predicted octanol–water partition coefficient (Wildman–Crippen LogP) is 0.961. The van der Waals surface area contributed by atoms with E-state index in [1.807, 2.05) is 0 Å². The summed E-state index contributed by atoms with van der Waals surface area (Å²) in [5, 5.41) is 0. The van der Waals surface area contributed by atoms with E-state index >= 15 is 0 Å². The Kier molecular flexibility index (Phi) is 2.97. The highest BCUT2D eigenvalue weighted by Crippen LogP contribution is 2.16. The molecule has 0 radical (unpaired) electrons. The fourth-order valence-corrected chi connectivity index (χ4v) is 1.02. The number of hydrogen-bond donors (Lipinski definition) is 2. The topological polar surface area (TPSA) is 105 Å². The molecule has 92 valence electrons. The molecule has 4 N–H and O–H groups in total. The van der Waals surface area contributed by atoms with E-state index in [-0.39, 0.29) is 23.7 Å². The lowest BCUT2D eigenvalue weighted by molar-refractivity contribution is 0.116.